The summed E-state index contributed by atoms with van der Waals surface area (Å²) in [4.78, 5) is 62.0. The van der Waals surface area contributed by atoms with E-state index in [0.717, 1.165) is 81.4 Å². The number of allylic oxidation sites excluding steroid dienone is 19. The number of hydrogen-bond acceptors (Lipinski definition) is 16. The third-order valence-corrected chi connectivity index (χ3v) is 13.2. The molecule has 1 aliphatic rings. The number of phosphoric ester groups is 2. The van der Waals surface area contributed by atoms with E-state index in [-0.39, 0.29) is 31.5 Å². The van der Waals surface area contributed by atoms with Gasteiger partial charge in [0.1, 0.15) is 30.7 Å². The number of hydrogen-bond donors (Lipinski definition) is 6. The molecule has 7 N–H and O–H groups in total. The second-order valence-corrected chi connectivity index (χ2v) is 20.1. The predicted octanol–water partition coefficient (Wildman–Crippen LogP) is 9.74. The number of aliphatic hydroxyl groups excluding tert-OH is 3. The van der Waals surface area contributed by atoms with E-state index in [1.54, 1.807) is 12.2 Å². The van der Waals surface area contributed by atoms with Gasteiger partial charge in [0.2, 0.25) is 0 Å². The second-order valence-electron chi connectivity index (χ2n) is 17.1. The zero-order chi connectivity index (χ0) is 55.0. The number of unbranched alkanes of at least 4 members (excludes halogenated alkanes) is 3. The molecule has 0 aliphatic carbocycles. The fourth-order valence-electron chi connectivity index (χ4n) is 6.72. The number of nitrogen functional groups attached to an aromatic ring is 1. The molecule has 0 bridgehead atoms. The number of ether oxygens (including phenoxy) is 3. The number of nitrogens with zero attached hydrogens (tertiary/aromatic N) is 2. The minimum absolute atomic E-state index is 0.0382. The van der Waals surface area contributed by atoms with Gasteiger partial charge in [0.15, 0.2) is 12.3 Å². The van der Waals surface area contributed by atoms with Crippen LogP contribution in [0.25, 0.3) is 0 Å². The van der Waals surface area contributed by atoms with Crippen LogP contribution in [0.15, 0.2) is 139 Å². The first-order valence-corrected chi connectivity index (χ1v) is 28.6. The molecule has 1 saturated heterocycles. The smallest absolute Gasteiger partial charge is 0.462 e. The maximum Gasteiger partial charge on any atom is 0.481 e. The van der Waals surface area contributed by atoms with Crippen molar-refractivity contribution in [2.45, 2.75) is 160 Å². The van der Waals surface area contributed by atoms with Crippen molar-refractivity contribution in [2.24, 2.45) is 0 Å². The highest BCUT2D eigenvalue weighted by Gasteiger charge is 2.46. The Bertz CT molecular complexity index is 2250. The molecule has 0 spiro atoms. The van der Waals surface area contributed by atoms with E-state index >= 15 is 0 Å². The Morgan fingerprint density at radius 3 is 1.81 bits per heavy atom. The molecule has 8 atom stereocenters. The second kappa shape index (κ2) is 40.4. The van der Waals surface area contributed by atoms with E-state index in [4.69, 9.17) is 29.0 Å². The maximum absolute atomic E-state index is 12.9. The van der Waals surface area contributed by atoms with Crippen LogP contribution >= 0.6 is 15.6 Å². The standard InChI is InChI=1S/C54H81N3O16P2/c1-3-5-7-9-11-13-15-17-18-19-20-21-22-24-26-28-30-32-34-38-50(60)71-46(42-68-49(59)39-35-37-45(58)36-33-31-29-27-25-23-16-14-12-10-8-6-4-2)43-69-74(64,65)73-75(66,67)70-44-47-51(61)52(62)53(72-47)57-41-40-48(55)56-54(57)63/h5-8,11-14,17-18,20-21,23-26,29,31,33,36,40-41,45-47,51-53,58,61-62H,3-4,9-10,15-16,19,22,27-28,30,32,34-35,37-39,42-44H2,1-2H3,(H,64,65)(H,66,67)(H2,55,56,63)/b7-5-,8-6-,13-11-,14-12-,18-17-,21-20-,25-23-,26-24-,31-29-,36-33+/t45?,46-,47-,51-,52-,53-/m1/s1. The third kappa shape index (κ3) is 33.0. The van der Waals surface area contributed by atoms with Crippen molar-refractivity contribution < 1.29 is 71.4 Å². The van der Waals surface area contributed by atoms with Crippen LogP contribution in [0.5, 0.6) is 0 Å². The van der Waals surface area contributed by atoms with E-state index < -0.39 is 89.8 Å². The van der Waals surface area contributed by atoms with Crippen LogP contribution in [0.2, 0.25) is 0 Å². The van der Waals surface area contributed by atoms with Crippen LogP contribution in [0.4, 0.5) is 5.82 Å². The minimum atomic E-state index is -5.48. The molecule has 0 amide bonds. The number of esters is 2. The average molecular weight is 1090 g/mol. The van der Waals surface area contributed by atoms with Crippen LogP contribution in [-0.4, -0.2) is 96.9 Å². The molecule has 0 radical (unpaired) electrons. The number of rotatable bonds is 40. The molecule has 75 heavy (non-hydrogen) atoms. The molecule has 2 rings (SSSR count). The predicted molar refractivity (Wildman–Crippen MR) is 290 cm³/mol. The van der Waals surface area contributed by atoms with Crippen LogP contribution in [0, 0.1) is 0 Å². The molecule has 21 heteroatoms. The maximum atomic E-state index is 12.9. The van der Waals surface area contributed by atoms with Gasteiger partial charge in [0.05, 0.1) is 19.3 Å². The summed E-state index contributed by atoms with van der Waals surface area (Å²) in [5.41, 5.74) is 4.57. The van der Waals surface area contributed by atoms with Gasteiger partial charge < -0.3 is 45.1 Å². The number of nitrogens with two attached hydrogens (primary N) is 1. The van der Waals surface area contributed by atoms with Crippen molar-refractivity contribution in [1.82, 2.24) is 9.55 Å². The molecule has 1 aliphatic heterocycles. The zero-order valence-corrected chi connectivity index (χ0v) is 45.2. The first-order valence-electron chi connectivity index (χ1n) is 25.7. The molecular formula is C54H81N3O16P2. The number of carbonyl (C=O) groups excluding carboxylic acids is 2. The summed E-state index contributed by atoms with van der Waals surface area (Å²) >= 11 is 0. The molecular weight excluding hydrogens is 1010 g/mol. The number of carbonyl (C=O) groups is 2. The van der Waals surface area contributed by atoms with Crippen LogP contribution < -0.4 is 11.4 Å². The summed E-state index contributed by atoms with van der Waals surface area (Å²) in [7, 11) is -11.0. The normalized spacial score (nSPS) is 20.2. The van der Waals surface area contributed by atoms with Crippen molar-refractivity contribution >= 4 is 33.4 Å². The molecule has 1 fully saturated rings. The number of aromatic nitrogens is 2. The summed E-state index contributed by atoms with van der Waals surface area (Å²) in [5, 5.41) is 31.3. The largest absolute Gasteiger partial charge is 0.481 e. The van der Waals surface area contributed by atoms with E-state index in [9.17, 15) is 48.6 Å². The van der Waals surface area contributed by atoms with Gasteiger partial charge in [-0.05, 0) is 96.0 Å². The third-order valence-electron chi connectivity index (χ3n) is 10.6. The van der Waals surface area contributed by atoms with Crippen molar-refractivity contribution in [2.75, 3.05) is 25.6 Å². The molecule has 1 aromatic heterocycles. The first-order chi connectivity index (χ1) is 36.1. The lowest BCUT2D eigenvalue weighted by Gasteiger charge is -2.21. The van der Waals surface area contributed by atoms with E-state index in [2.05, 4.69) is 114 Å². The molecule has 19 nitrogen and oxygen atoms in total. The highest BCUT2D eigenvalue weighted by molar-refractivity contribution is 7.61. The van der Waals surface area contributed by atoms with E-state index in [1.165, 1.54) is 6.07 Å². The Morgan fingerprint density at radius 2 is 1.24 bits per heavy atom. The number of phosphoric acid groups is 2. The summed E-state index contributed by atoms with van der Waals surface area (Å²) in [6, 6.07) is 1.23. The monoisotopic (exact) mass is 1090 g/mol. The summed E-state index contributed by atoms with van der Waals surface area (Å²) in [5.74, 6) is -1.57. The van der Waals surface area contributed by atoms with Gasteiger partial charge in [-0.1, -0.05) is 142 Å². The van der Waals surface area contributed by atoms with Gasteiger partial charge in [-0.2, -0.15) is 9.29 Å². The summed E-state index contributed by atoms with van der Waals surface area (Å²) < 4.78 is 56.6. The summed E-state index contributed by atoms with van der Waals surface area (Å²) in [6.45, 7) is 1.69. The summed E-state index contributed by atoms with van der Waals surface area (Å²) in [6.07, 6.45) is 44.5. The SMILES string of the molecule is CC/C=C\C/C=C\C/C=C\C/C=C\C=C\C(O)CCCC(=O)OC[C@H](COP(=O)(O)OP(=O)(O)OC[C@H]1O[C@@H](n2ccc(N)nc2=O)[C@H](O)[C@@H]1O)OC(=O)CCCCC/C=C\C/C=C\C/C=C\C/C=C\C/C=C\CC. The van der Waals surface area contributed by atoms with Gasteiger partial charge in [-0.25, -0.2) is 13.9 Å². The molecule has 1 aromatic rings. The van der Waals surface area contributed by atoms with Gasteiger partial charge in [0, 0.05) is 19.0 Å². The van der Waals surface area contributed by atoms with Crippen LogP contribution in [0.1, 0.15) is 129 Å². The fraction of sp³-hybridized carbons (Fsp3) is 0.519. The Balaban J connectivity index is 1.87. The quantitative estimate of drug-likeness (QED) is 0.0117. The molecule has 2 heterocycles. The van der Waals surface area contributed by atoms with E-state index in [1.807, 2.05) is 18.2 Å². The zero-order valence-electron chi connectivity index (χ0n) is 43.4. The van der Waals surface area contributed by atoms with Crippen LogP contribution in [0.3, 0.4) is 0 Å². The Labute approximate surface area is 442 Å². The minimum Gasteiger partial charge on any atom is -0.462 e. The topological polar surface area (TPSA) is 286 Å². The number of anilines is 1. The molecule has 0 saturated carbocycles. The Hall–Kier alpha value is -4.88. The highest BCUT2D eigenvalue weighted by Crippen LogP contribution is 2.60. The van der Waals surface area contributed by atoms with Gasteiger partial charge >= 0.3 is 33.3 Å². The van der Waals surface area contributed by atoms with Crippen molar-refractivity contribution in [3.05, 3.63) is 144 Å². The highest BCUT2D eigenvalue weighted by atomic mass is 31.3. The fourth-order valence-corrected chi connectivity index (χ4v) is 8.83. The average Bonchev–Trinajstić information content (AvgIpc) is 3.64. The van der Waals surface area contributed by atoms with Crippen molar-refractivity contribution in [3.8, 4) is 0 Å². The Morgan fingerprint density at radius 1 is 0.707 bits per heavy atom. The van der Waals surface area contributed by atoms with Crippen molar-refractivity contribution in [3.63, 3.8) is 0 Å². The lowest BCUT2D eigenvalue weighted by Crippen LogP contribution is -2.36. The lowest BCUT2D eigenvalue weighted by atomic mass is 10.1. The first kappa shape index (κ1) is 66.2. The molecule has 3 unspecified atom stereocenters. The number of aliphatic hydroxyl groups is 3. The molecule has 418 valence electrons. The van der Waals surface area contributed by atoms with E-state index in [0.29, 0.717) is 12.8 Å². The van der Waals surface area contributed by atoms with Gasteiger partial charge in [-0.15, -0.1) is 0 Å². The van der Waals surface area contributed by atoms with Gasteiger partial charge in [0.25, 0.3) is 0 Å². The Kier molecular flexibility index (Phi) is 35.7. The molecule has 0 aromatic carbocycles. The van der Waals surface area contributed by atoms with Crippen molar-refractivity contribution in [1.29, 1.82) is 0 Å². The lowest BCUT2D eigenvalue weighted by molar-refractivity contribution is -0.161. The van der Waals surface area contributed by atoms with Gasteiger partial charge in [-0.3, -0.25) is 23.2 Å². The van der Waals surface area contributed by atoms with Crippen LogP contribution in [-0.2, 0) is 46.3 Å².